The topological polar surface area (TPSA) is 29.1 Å². The van der Waals surface area contributed by atoms with Crippen LogP contribution in [-0.2, 0) is 4.79 Å². The minimum Gasteiger partial charge on any atom is -0.314 e. The standard InChI is InChI=1S/C8H15NOS/c1-2-3-7(10)8-6-9-4-5-11-8/h8-9H,2-6H2,1H3. The number of hydrogen-bond donors (Lipinski definition) is 1. The quantitative estimate of drug-likeness (QED) is 0.692. The molecule has 0 aromatic carbocycles. The van der Waals surface area contributed by atoms with Crippen molar-refractivity contribution >= 4 is 17.5 Å². The maximum absolute atomic E-state index is 11.3. The summed E-state index contributed by atoms with van der Waals surface area (Å²) in [6.07, 6.45) is 1.73. The van der Waals surface area contributed by atoms with Crippen molar-refractivity contribution in [1.29, 1.82) is 0 Å². The van der Waals surface area contributed by atoms with Crippen LogP contribution in [0.3, 0.4) is 0 Å². The van der Waals surface area contributed by atoms with Gasteiger partial charge >= 0.3 is 0 Å². The third kappa shape index (κ3) is 2.83. The van der Waals surface area contributed by atoms with Crippen LogP contribution in [0.15, 0.2) is 0 Å². The van der Waals surface area contributed by atoms with Crippen LogP contribution in [0.2, 0.25) is 0 Å². The highest BCUT2D eigenvalue weighted by molar-refractivity contribution is 8.00. The van der Waals surface area contributed by atoms with Crippen LogP contribution in [0, 0.1) is 0 Å². The Kier molecular flexibility index (Phi) is 3.94. The number of carbonyl (C=O) groups is 1. The van der Waals surface area contributed by atoms with Crippen molar-refractivity contribution in [3.63, 3.8) is 0 Å². The number of thioether (sulfide) groups is 1. The first-order valence-electron chi connectivity index (χ1n) is 4.19. The van der Waals surface area contributed by atoms with E-state index in [9.17, 15) is 4.79 Å². The van der Waals surface area contributed by atoms with Crippen LogP contribution in [-0.4, -0.2) is 29.9 Å². The van der Waals surface area contributed by atoms with E-state index in [-0.39, 0.29) is 5.25 Å². The Labute approximate surface area is 72.1 Å². The zero-order valence-corrected chi connectivity index (χ0v) is 7.75. The van der Waals surface area contributed by atoms with Crippen molar-refractivity contribution in [3.05, 3.63) is 0 Å². The molecule has 0 aromatic heterocycles. The zero-order valence-electron chi connectivity index (χ0n) is 6.93. The molecule has 2 nitrogen and oxygen atoms in total. The van der Waals surface area contributed by atoms with Gasteiger partial charge in [-0.25, -0.2) is 0 Å². The van der Waals surface area contributed by atoms with Gasteiger partial charge in [-0.2, -0.15) is 0 Å². The summed E-state index contributed by atoms with van der Waals surface area (Å²) < 4.78 is 0. The van der Waals surface area contributed by atoms with E-state index in [1.807, 2.05) is 0 Å². The molecule has 1 saturated heterocycles. The van der Waals surface area contributed by atoms with Gasteiger partial charge in [-0.3, -0.25) is 4.79 Å². The number of carbonyl (C=O) groups excluding carboxylic acids is 1. The van der Waals surface area contributed by atoms with Crippen LogP contribution >= 0.6 is 11.8 Å². The summed E-state index contributed by atoms with van der Waals surface area (Å²) in [7, 11) is 0. The summed E-state index contributed by atoms with van der Waals surface area (Å²) in [5, 5.41) is 3.47. The van der Waals surface area contributed by atoms with Crippen molar-refractivity contribution in [2.75, 3.05) is 18.8 Å². The molecule has 1 heterocycles. The summed E-state index contributed by atoms with van der Waals surface area (Å²) in [4.78, 5) is 11.3. The van der Waals surface area contributed by atoms with Crippen molar-refractivity contribution in [2.24, 2.45) is 0 Å². The fourth-order valence-corrected chi connectivity index (χ4v) is 2.27. The van der Waals surface area contributed by atoms with Crippen molar-refractivity contribution in [1.82, 2.24) is 5.32 Å². The fourth-order valence-electron chi connectivity index (χ4n) is 1.18. The molecule has 1 aliphatic heterocycles. The summed E-state index contributed by atoms with van der Waals surface area (Å²) in [5.74, 6) is 1.50. The molecule has 0 aromatic rings. The van der Waals surface area contributed by atoms with Gasteiger partial charge in [-0.1, -0.05) is 6.92 Å². The largest absolute Gasteiger partial charge is 0.314 e. The van der Waals surface area contributed by atoms with Crippen LogP contribution in [0.25, 0.3) is 0 Å². The highest BCUT2D eigenvalue weighted by Gasteiger charge is 2.19. The predicted molar refractivity (Wildman–Crippen MR) is 49.0 cm³/mol. The lowest BCUT2D eigenvalue weighted by molar-refractivity contribution is -0.118. The second kappa shape index (κ2) is 4.78. The molecule has 1 fully saturated rings. The number of ketones is 1. The van der Waals surface area contributed by atoms with E-state index in [4.69, 9.17) is 0 Å². The molecule has 0 saturated carbocycles. The highest BCUT2D eigenvalue weighted by Crippen LogP contribution is 2.15. The predicted octanol–water partition coefficient (Wildman–Crippen LogP) is 1.06. The van der Waals surface area contributed by atoms with Crippen molar-refractivity contribution in [2.45, 2.75) is 25.0 Å². The van der Waals surface area contributed by atoms with Gasteiger partial charge in [0.25, 0.3) is 0 Å². The molecule has 0 radical (unpaired) electrons. The summed E-state index contributed by atoms with van der Waals surface area (Å²) in [6.45, 7) is 3.99. The van der Waals surface area contributed by atoms with Crippen LogP contribution in [0.4, 0.5) is 0 Å². The molecule has 1 unspecified atom stereocenters. The van der Waals surface area contributed by atoms with Gasteiger partial charge in [-0.15, -0.1) is 11.8 Å². The van der Waals surface area contributed by atoms with E-state index >= 15 is 0 Å². The van der Waals surface area contributed by atoms with Gasteiger partial charge in [0.05, 0.1) is 5.25 Å². The first-order chi connectivity index (χ1) is 5.34. The zero-order chi connectivity index (χ0) is 8.10. The Morgan fingerprint density at radius 3 is 3.09 bits per heavy atom. The smallest absolute Gasteiger partial charge is 0.147 e. The van der Waals surface area contributed by atoms with Gasteiger partial charge in [0.1, 0.15) is 5.78 Å². The number of Topliss-reactive ketones (excluding diaryl/α,β-unsaturated/α-hetero) is 1. The number of nitrogens with one attached hydrogen (secondary N) is 1. The fraction of sp³-hybridized carbons (Fsp3) is 0.875. The Bertz CT molecular complexity index is 132. The summed E-state index contributed by atoms with van der Waals surface area (Å²) >= 11 is 1.80. The molecule has 1 atom stereocenters. The third-order valence-corrected chi connectivity index (χ3v) is 3.05. The average Bonchev–Trinajstić information content (AvgIpc) is 2.07. The molecule has 0 amide bonds. The SMILES string of the molecule is CCCC(=O)C1CNCCS1. The van der Waals surface area contributed by atoms with E-state index < -0.39 is 0 Å². The Morgan fingerprint density at radius 2 is 2.55 bits per heavy atom. The summed E-state index contributed by atoms with van der Waals surface area (Å²) in [5.41, 5.74) is 0. The van der Waals surface area contributed by atoms with Crippen molar-refractivity contribution < 1.29 is 4.79 Å². The van der Waals surface area contributed by atoms with Crippen LogP contribution in [0.5, 0.6) is 0 Å². The molecule has 64 valence electrons. The Balaban J connectivity index is 2.27. The Morgan fingerprint density at radius 1 is 1.73 bits per heavy atom. The van der Waals surface area contributed by atoms with Gasteiger partial charge in [-0.05, 0) is 6.42 Å². The monoisotopic (exact) mass is 173 g/mol. The first kappa shape index (κ1) is 9.07. The normalized spacial score (nSPS) is 25.0. The second-order valence-electron chi connectivity index (χ2n) is 2.78. The van der Waals surface area contributed by atoms with E-state index in [2.05, 4.69) is 12.2 Å². The minimum atomic E-state index is 0.240. The van der Waals surface area contributed by atoms with Gasteiger partial charge in [0, 0.05) is 25.3 Å². The lowest BCUT2D eigenvalue weighted by Gasteiger charge is -2.20. The maximum atomic E-state index is 11.3. The average molecular weight is 173 g/mol. The van der Waals surface area contributed by atoms with E-state index in [0.29, 0.717) is 5.78 Å². The van der Waals surface area contributed by atoms with E-state index in [1.54, 1.807) is 11.8 Å². The minimum absolute atomic E-state index is 0.240. The lowest BCUT2D eigenvalue weighted by atomic mass is 10.2. The number of rotatable bonds is 3. The van der Waals surface area contributed by atoms with Crippen molar-refractivity contribution in [3.8, 4) is 0 Å². The maximum Gasteiger partial charge on any atom is 0.147 e. The third-order valence-electron chi connectivity index (χ3n) is 1.78. The molecule has 3 heteroatoms. The molecule has 0 spiro atoms. The molecule has 11 heavy (non-hydrogen) atoms. The second-order valence-corrected chi connectivity index (χ2v) is 4.09. The summed E-state index contributed by atoms with van der Waals surface area (Å²) in [6, 6.07) is 0. The molecular formula is C8H15NOS. The highest BCUT2D eigenvalue weighted by atomic mass is 32.2. The molecule has 1 aliphatic rings. The first-order valence-corrected chi connectivity index (χ1v) is 5.24. The van der Waals surface area contributed by atoms with Gasteiger partial charge < -0.3 is 5.32 Å². The van der Waals surface area contributed by atoms with E-state index in [0.717, 1.165) is 31.7 Å². The van der Waals surface area contributed by atoms with E-state index in [1.165, 1.54) is 0 Å². The molecular weight excluding hydrogens is 158 g/mol. The molecule has 0 bridgehead atoms. The molecule has 1 rings (SSSR count). The lowest BCUT2D eigenvalue weighted by Crippen LogP contribution is -2.37. The van der Waals surface area contributed by atoms with Crippen LogP contribution < -0.4 is 5.32 Å². The molecule has 0 aliphatic carbocycles. The number of hydrogen-bond acceptors (Lipinski definition) is 3. The van der Waals surface area contributed by atoms with Gasteiger partial charge in [0.15, 0.2) is 0 Å². The van der Waals surface area contributed by atoms with Gasteiger partial charge in [0.2, 0.25) is 0 Å². The Hall–Kier alpha value is -0.0200. The molecule has 1 N–H and O–H groups in total. The van der Waals surface area contributed by atoms with Crippen LogP contribution in [0.1, 0.15) is 19.8 Å².